The van der Waals surface area contributed by atoms with Gasteiger partial charge < -0.3 is 15.8 Å². The molecule has 1 saturated carbocycles. The number of piperidine rings is 1. The Hall–Kier alpha value is -2.53. The summed E-state index contributed by atoms with van der Waals surface area (Å²) in [5.41, 5.74) is 7.69. The Labute approximate surface area is 179 Å². The Morgan fingerprint density at radius 3 is 2.30 bits per heavy atom. The van der Waals surface area contributed by atoms with Gasteiger partial charge in [0.2, 0.25) is 0 Å². The number of amides is 1. The van der Waals surface area contributed by atoms with Crippen LogP contribution in [0.4, 0.5) is 11.4 Å². The molecule has 3 aliphatic rings. The van der Waals surface area contributed by atoms with E-state index in [0.29, 0.717) is 29.0 Å². The Balaban J connectivity index is 0.00000218. The number of hydrogen-bond acceptors (Lipinski definition) is 4. The third-order valence-corrected chi connectivity index (χ3v) is 6.64. The molecule has 1 amide bonds. The van der Waals surface area contributed by atoms with Gasteiger partial charge in [-0.3, -0.25) is 9.69 Å². The van der Waals surface area contributed by atoms with Crippen LogP contribution in [0.15, 0.2) is 48.5 Å². The number of rotatable bonds is 6. The largest absolute Gasteiger partial charge is 0.490 e. The third-order valence-electron chi connectivity index (χ3n) is 6.64. The number of nitrogens with zero attached hydrogens (tertiary/aromatic N) is 1. The summed E-state index contributed by atoms with van der Waals surface area (Å²) in [6.45, 7) is 1.30. The minimum absolute atomic E-state index is 0. The van der Waals surface area contributed by atoms with E-state index in [1.807, 2.05) is 36.4 Å². The molecule has 0 aromatic heterocycles. The van der Waals surface area contributed by atoms with Gasteiger partial charge in [-0.05, 0) is 80.8 Å². The van der Waals surface area contributed by atoms with Crippen molar-refractivity contribution in [1.29, 1.82) is 0 Å². The predicted molar refractivity (Wildman–Crippen MR) is 122 cm³/mol. The molecular weight excluding hydrogens is 374 g/mol. The number of nitrogens with two attached hydrogens (primary N) is 1. The normalized spacial score (nSPS) is 25.4. The lowest BCUT2D eigenvalue weighted by Crippen LogP contribution is -2.47. The smallest absolute Gasteiger partial charge is 0.255 e. The first-order valence-corrected chi connectivity index (χ1v) is 10.8. The number of benzene rings is 2. The van der Waals surface area contributed by atoms with Gasteiger partial charge in [-0.25, -0.2) is 0 Å². The van der Waals surface area contributed by atoms with Crippen LogP contribution in [0.5, 0.6) is 5.75 Å². The summed E-state index contributed by atoms with van der Waals surface area (Å²) in [7, 11) is 0. The molecule has 5 nitrogen and oxygen atoms in total. The zero-order valence-corrected chi connectivity index (χ0v) is 16.7. The van der Waals surface area contributed by atoms with Gasteiger partial charge in [0, 0.05) is 24.2 Å². The van der Waals surface area contributed by atoms with Crippen molar-refractivity contribution in [3.63, 3.8) is 0 Å². The fraction of sp³-hybridized carbons (Fsp3) is 0.480. The average Bonchev–Trinajstić information content (AvgIpc) is 3.50. The number of ether oxygens (including phenoxy) is 1. The van der Waals surface area contributed by atoms with Crippen LogP contribution in [0.3, 0.4) is 0 Å². The van der Waals surface area contributed by atoms with E-state index in [9.17, 15) is 4.79 Å². The van der Waals surface area contributed by atoms with Crippen LogP contribution < -0.4 is 15.8 Å². The van der Waals surface area contributed by atoms with Gasteiger partial charge in [0.05, 0.1) is 11.4 Å². The van der Waals surface area contributed by atoms with Crippen molar-refractivity contribution in [1.82, 2.24) is 4.90 Å². The van der Waals surface area contributed by atoms with Crippen LogP contribution in [0.1, 0.15) is 56.3 Å². The molecule has 2 saturated heterocycles. The zero-order chi connectivity index (χ0) is 19.8. The molecule has 2 atom stereocenters. The molecule has 160 valence electrons. The van der Waals surface area contributed by atoms with Crippen LogP contribution in [-0.4, -0.2) is 35.5 Å². The van der Waals surface area contributed by atoms with Crippen molar-refractivity contribution in [2.45, 2.75) is 64.1 Å². The number of nitrogen functional groups attached to an aromatic ring is 1. The molecule has 0 radical (unpaired) electrons. The van der Waals surface area contributed by atoms with Gasteiger partial charge in [0.25, 0.3) is 5.91 Å². The minimum Gasteiger partial charge on any atom is -0.490 e. The van der Waals surface area contributed by atoms with Crippen molar-refractivity contribution >= 4 is 17.3 Å². The van der Waals surface area contributed by atoms with Crippen molar-refractivity contribution in [2.24, 2.45) is 5.92 Å². The zero-order valence-electron chi connectivity index (χ0n) is 16.7. The number of carbonyl (C=O) groups is 1. The van der Waals surface area contributed by atoms with Crippen LogP contribution >= 0.6 is 0 Å². The van der Waals surface area contributed by atoms with Gasteiger partial charge in [-0.2, -0.15) is 0 Å². The summed E-state index contributed by atoms with van der Waals surface area (Å²) >= 11 is 0. The van der Waals surface area contributed by atoms with Gasteiger partial charge in [0.1, 0.15) is 11.9 Å². The van der Waals surface area contributed by atoms with Crippen molar-refractivity contribution < 1.29 is 9.53 Å². The van der Waals surface area contributed by atoms with Crippen molar-refractivity contribution in [3.8, 4) is 5.75 Å². The quantitative estimate of drug-likeness (QED) is 0.666. The second-order valence-electron chi connectivity index (χ2n) is 8.80. The van der Waals surface area contributed by atoms with Crippen LogP contribution in [0.2, 0.25) is 0 Å². The van der Waals surface area contributed by atoms with E-state index in [1.54, 1.807) is 12.1 Å². The molecule has 3 fully saturated rings. The summed E-state index contributed by atoms with van der Waals surface area (Å²) in [6, 6.07) is 16.1. The molecule has 5 heteroatoms. The maximum Gasteiger partial charge on any atom is 0.255 e. The second kappa shape index (κ2) is 8.68. The SMILES string of the molecule is C.Nc1ccccc1NC(=O)c1ccc(OC2CC3CCC(C2)N3CC2CC2)cc1. The molecule has 2 aromatic carbocycles. The molecular formula is C25H33N3O2. The monoisotopic (exact) mass is 407 g/mol. The van der Waals surface area contributed by atoms with Crippen LogP contribution in [-0.2, 0) is 0 Å². The van der Waals surface area contributed by atoms with Gasteiger partial charge >= 0.3 is 0 Å². The highest BCUT2D eigenvalue weighted by Crippen LogP contribution is 2.41. The lowest BCUT2D eigenvalue weighted by Gasteiger charge is -2.39. The topological polar surface area (TPSA) is 67.6 Å². The first-order valence-electron chi connectivity index (χ1n) is 10.8. The van der Waals surface area contributed by atoms with Crippen LogP contribution in [0, 0.1) is 5.92 Å². The van der Waals surface area contributed by atoms with Crippen LogP contribution in [0.25, 0.3) is 0 Å². The highest BCUT2D eigenvalue weighted by atomic mass is 16.5. The predicted octanol–water partition coefficient (Wildman–Crippen LogP) is 4.94. The van der Waals surface area contributed by atoms with E-state index < -0.39 is 0 Å². The highest BCUT2D eigenvalue weighted by Gasteiger charge is 2.43. The fourth-order valence-corrected chi connectivity index (χ4v) is 4.90. The Morgan fingerprint density at radius 2 is 1.67 bits per heavy atom. The van der Waals surface area contributed by atoms with E-state index in [0.717, 1.165) is 24.5 Å². The summed E-state index contributed by atoms with van der Waals surface area (Å²) in [6.07, 6.45) is 8.01. The minimum atomic E-state index is -0.166. The summed E-state index contributed by atoms with van der Waals surface area (Å²) < 4.78 is 6.30. The standard InChI is InChI=1S/C24H29N3O2.CH4/c25-22-3-1-2-4-23(22)26-24(28)17-7-11-20(12-8-17)29-21-13-18-9-10-19(14-21)27(18)15-16-5-6-16;/h1-4,7-8,11-12,16,18-19,21H,5-6,9-10,13-15,25H2,(H,26,28);1H4. The van der Waals surface area contributed by atoms with E-state index in [2.05, 4.69) is 10.2 Å². The molecule has 0 spiro atoms. The second-order valence-corrected chi connectivity index (χ2v) is 8.80. The maximum absolute atomic E-state index is 12.5. The molecule has 2 unspecified atom stereocenters. The molecule has 2 bridgehead atoms. The fourth-order valence-electron chi connectivity index (χ4n) is 4.90. The molecule has 3 N–H and O–H groups in total. The summed E-state index contributed by atoms with van der Waals surface area (Å²) in [5.74, 6) is 1.64. The van der Waals surface area contributed by atoms with E-state index in [-0.39, 0.29) is 19.4 Å². The molecule has 2 heterocycles. The third kappa shape index (κ3) is 4.46. The molecule has 2 aliphatic heterocycles. The van der Waals surface area contributed by atoms with E-state index in [4.69, 9.17) is 10.5 Å². The lowest BCUT2D eigenvalue weighted by molar-refractivity contribution is 0.0466. The molecule has 5 rings (SSSR count). The first kappa shape index (κ1) is 20.7. The van der Waals surface area contributed by atoms with Crippen molar-refractivity contribution in [2.75, 3.05) is 17.6 Å². The van der Waals surface area contributed by atoms with Crippen molar-refractivity contribution in [3.05, 3.63) is 54.1 Å². The van der Waals surface area contributed by atoms with Gasteiger partial charge in [-0.15, -0.1) is 0 Å². The molecule has 1 aliphatic carbocycles. The number of fused-ring (bicyclic) bond motifs is 2. The number of nitrogens with one attached hydrogen (secondary N) is 1. The lowest BCUT2D eigenvalue weighted by atomic mass is 9.99. The Kier molecular flexibility index (Phi) is 6.00. The summed E-state index contributed by atoms with van der Waals surface area (Å²) in [4.78, 5) is 15.2. The Morgan fingerprint density at radius 1 is 1.00 bits per heavy atom. The number of hydrogen-bond donors (Lipinski definition) is 2. The highest BCUT2D eigenvalue weighted by molar-refractivity contribution is 6.05. The Bertz CT molecular complexity index is 864. The number of carbonyl (C=O) groups excluding carboxylic acids is 1. The first-order chi connectivity index (χ1) is 14.2. The van der Waals surface area contributed by atoms with Gasteiger partial charge in [0.15, 0.2) is 0 Å². The molecule has 2 aromatic rings. The van der Waals surface area contributed by atoms with Gasteiger partial charge in [-0.1, -0.05) is 19.6 Å². The van der Waals surface area contributed by atoms with E-state index >= 15 is 0 Å². The summed E-state index contributed by atoms with van der Waals surface area (Å²) in [5, 5.41) is 2.86. The molecule has 30 heavy (non-hydrogen) atoms. The van der Waals surface area contributed by atoms with E-state index in [1.165, 1.54) is 32.2 Å². The maximum atomic E-state index is 12.5. The number of anilines is 2. The number of para-hydroxylation sites is 2. The average molecular weight is 408 g/mol.